The summed E-state index contributed by atoms with van der Waals surface area (Å²) >= 11 is 0. The van der Waals surface area contributed by atoms with Crippen molar-refractivity contribution in [2.24, 2.45) is 0 Å². The van der Waals surface area contributed by atoms with Gasteiger partial charge in [0.05, 0.1) is 7.11 Å². The Labute approximate surface area is 186 Å². The predicted octanol–water partition coefficient (Wildman–Crippen LogP) is 4.13. The lowest BCUT2D eigenvalue weighted by molar-refractivity contribution is 0.0698. The second kappa shape index (κ2) is 8.42. The number of ether oxygens (including phenoxy) is 1. The fourth-order valence-corrected chi connectivity index (χ4v) is 4.24. The molecule has 4 aromatic rings. The van der Waals surface area contributed by atoms with Crippen LogP contribution in [0.4, 0.5) is 0 Å². The Kier molecular flexibility index (Phi) is 5.31. The third kappa shape index (κ3) is 3.93. The molecule has 1 atom stereocenters. The first-order valence-electron chi connectivity index (χ1n) is 10.8. The Morgan fingerprint density at radius 3 is 2.78 bits per heavy atom. The van der Waals surface area contributed by atoms with E-state index in [4.69, 9.17) is 14.8 Å². The number of carbonyl (C=O) groups excluding carboxylic acids is 1. The molecular weight excluding hydrogens is 402 g/mol. The van der Waals surface area contributed by atoms with Crippen molar-refractivity contribution < 1.29 is 9.53 Å². The molecule has 0 aliphatic carbocycles. The van der Waals surface area contributed by atoms with E-state index in [1.165, 1.54) is 0 Å². The zero-order chi connectivity index (χ0) is 22.1. The molecule has 7 nitrogen and oxygen atoms in total. The van der Waals surface area contributed by atoms with E-state index in [-0.39, 0.29) is 11.8 Å². The molecule has 1 fully saturated rings. The standard InChI is InChI=1S/C25H25N5O2/c1-17-6-3-10-22(26-17)25(31)29-13-5-8-20(15-29)24-27-23-12-11-19(16-30(23)28-24)18-7-4-9-21(14-18)32-2/h3-4,6-7,9-12,14,16,20H,5,8,13,15H2,1-2H3/t20-/m1/s1. The zero-order valence-corrected chi connectivity index (χ0v) is 18.2. The molecule has 0 saturated carbocycles. The number of methoxy groups -OCH3 is 1. The van der Waals surface area contributed by atoms with Gasteiger partial charge in [0.15, 0.2) is 11.5 Å². The van der Waals surface area contributed by atoms with Crippen molar-refractivity contribution in [2.75, 3.05) is 20.2 Å². The minimum Gasteiger partial charge on any atom is -0.497 e. The van der Waals surface area contributed by atoms with E-state index in [2.05, 4.69) is 4.98 Å². The maximum absolute atomic E-state index is 13.0. The maximum atomic E-state index is 13.0. The van der Waals surface area contributed by atoms with E-state index in [1.807, 2.05) is 71.1 Å². The molecular formula is C25H25N5O2. The zero-order valence-electron chi connectivity index (χ0n) is 18.2. The molecule has 0 radical (unpaired) electrons. The van der Waals surface area contributed by atoms with Gasteiger partial charge in [-0.2, -0.15) is 5.10 Å². The summed E-state index contributed by atoms with van der Waals surface area (Å²) in [5, 5.41) is 4.77. The van der Waals surface area contributed by atoms with Crippen LogP contribution in [0.3, 0.4) is 0 Å². The van der Waals surface area contributed by atoms with Gasteiger partial charge in [0.2, 0.25) is 0 Å². The van der Waals surface area contributed by atoms with Crippen LogP contribution >= 0.6 is 0 Å². The van der Waals surface area contributed by atoms with Crippen LogP contribution in [0.1, 0.15) is 40.8 Å². The third-order valence-electron chi connectivity index (χ3n) is 5.93. The van der Waals surface area contributed by atoms with E-state index in [1.54, 1.807) is 13.2 Å². The van der Waals surface area contributed by atoms with Gasteiger partial charge in [0, 0.05) is 36.5 Å². The van der Waals surface area contributed by atoms with Gasteiger partial charge in [0.25, 0.3) is 5.91 Å². The summed E-state index contributed by atoms with van der Waals surface area (Å²) in [6.07, 6.45) is 3.88. The second-order valence-corrected chi connectivity index (χ2v) is 8.18. The van der Waals surface area contributed by atoms with Crippen molar-refractivity contribution in [3.63, 3.8) is 0 Å². The number of aryl methyl sites for hydroxylation is 1. The Morgan fingerprint density at radius 2 is 1.94 bits per heavy atom. The lowest BCUT2D eigenvalue weighted by Crippen LogP contribution is -2.39. The highest BCUT2D eigenvalue weighted by molar-refractivity contribution is 5.92. The molecule has 1 aromatic carbocycles. The Bertz CT molecular complexity index is 1280. The molecule has 3 aromatic heterocycles. The second-order valence-electron chi connectivity index (χ2n) is 8.18. The molecule has 162 valence electrons. The third-order valence-corrected chi connectivity index (χ3v) is 5.93. The number of fused-ring (bicyclic) bond motifs is 1. The molecule has 5 rings (SSSR count). The van der Waals surface area contributed by atoms with Crippen LogP contribution in [-0.2, 0) is 0 Å². The number of pyridine rings is 2. The van der Waals surface area contributed by atoms with Gasteiger partial charge in [0.1, 0.15) is 11.4 Å². The molecule has 1 amide bonds. The monoisotopic (exact) mass is 427 g/mol. The highest BCUT2D eigenvalue weighted by Gasteiger charge is 2.28. The number of piperidine rings is 1. The van der Waals surface area contributed by atoms with Gasteiger partial charge in [-0.25, -0.2) is 14.5 Å². The van der Waals surface area contributed by atoms with Gasteiger partial charge in [-0.1, -0.05) is 18.2 Å². The average molecular weight is 428 g/mol. The van der Waals surface area contributed by atoms with Crippen molar-refractivity contribution in [3.8, 4) is 16.9 Å². The molecule has 0 unspecified atom stereocenters. The Balaban J connectivity index is 1.38. The van der Waals surface area contributed by atoms with Gasteiger partial charge in [-0.3, -0.25) is 4.79 Å². The Morgan fingerprint density at radius 1 is 1.06 bits per heavy atom. The minimum absolute atomic E-state index is 0.0255. The smallest absolute Gasteiger partial charge is 0.272 e. The number of carbonyl (C=O) groups is 1. The summed E-state index contributed by atoms with van der Waals surface area (Å²) in [6, 6.07) is 17.5. The summed E-state index contributed by atoms with van der Waals surface area (Å²) in [7, 11) is 1.67. The highest BCUT2D eigenvalue weighted by Crippen LogP contribution is 2.28. The number of rotatable bonds is 4. The van der Waals surface area contributed by atoms with Gasteiger partial charge < -0.3 is 9.64 Å². The molecule has 0 N–H and O–H groups in total. The van der Waals surface area contributed by atoms with Crippen molar-refractivity contribution in [2.45, 2.75) is 25.7 Å². The van der Waals surface area contributed by atoms with Crippen LogP contribution in [0, 0.1) is 6.92 Å². The van der Waals surface area contributed by atoms with Gasteiger partial charge in [-0.05, 0) is 61.7 Å². The van der Waals surface area contributed by atoms with E-state index < -0.39 is 0 Å². The van der Waals surface area contributed by atoms with Crippen LogP contribution in [0.5, 0.6) is 5.75 Å². The molecule has 7 heteroatoms. The van der Waals surface area contributed by atoms with E-state index in [9.17, 15) is 4.79 Å². The summed E-state index contributed by atoms with van der Waals surface area (Å²) in [4.78, 5) is 24.0. The molecule has 32 heavy (non-hydrogen) atoms. The molecule has 0 spiro atoms. The quantitative estimate of drug-likeness (QED) is 0.490. The summed E-state index contributed by atoms with van der Waals surface area (Å²) in [5.74, 6) is 1.68. The lowest BCUT2D eigenvalue weighted by Gasteiger charge is -2.31. The summed E-state index contributed by atoms with van der Waals surface area (Å²) < 4.78 is 7.17. The largest absolute Gasteiger partial charge is 0.497 e. The number of hydrogen-bond acceptors (Lipinski definition) is 5. The van der Waals surface area contributed by atoms with Crippen LogP contribution in [0.25, 0.3) is 16.8 Å². The van der Waals surface area contributed by atoms with Gasteiger partial charge >= 0.3 is 0 Å². The first kappa shape index (κ1) is 20.2. The van der Waals surface area contributed by atoms with E-state index >= 15 is 0 Å². The fourth-order valence-electron chi connectivity index (χ4n) is 4.24. The molecule has 0 bridgehead atoms. The Hall–Kier alpha value is -3.74. The number of benzene rings is 1. The predicted molar refractivity (Wildman–Crippen MR) is 122 cm³/mol. The molecule has 1 saturated heterocycles. The SMILES string of the molecule is COc1cccc(-c2ccc3nc([C@@H]4CCCN(C(=O)c5cccc(C)n5)C4)nn3c2)c1. The number of aromatic nitrogens is 4. The minimum atomic E-state index is -0.0255. The van der Waals surface area contributed by atoms with Crippen molar-refractivity contribution in [3.05, 3.63) is 78.0 Å². The number of hydrogen-bond donors (Lipinski definition) is 0. The van der Waals surface area contributed by atoms with E-state index in [0.717, 1.165) is 53.4 Å². The number of amides is 1. The highest BCUT2D eigenvalue weighted by atomic mass is 16.5. The van der Waals surface area contributed by atoms with Crippen molar-refractivity contribution >= 4 is 11.6 Å². The van der Waals surface area contributed by atoms with E-state index in [0.29, 0.717) is 12.2 Å². The van der Waals surface area contributed by atoms with Crippen molar-refractivity contribution in [1.29, 1.82) is 0 Å². The van der Waals surface area contributed by atoms with Crippen LogP contribution in [0.2, 0.25) is 0 Å². The average Bonchev–Trinajstić information content (AvgIpc) is 3.27. The lowest BCUT2D eigenvalue weighted by atomic mass is 9.97. The van der Waals surface area contributed by atoms with Crippen molar-refractivity contribution in [1.82, 2.24) is 24.5 Å². The summed E-state index contributed by atoms with van der Waals surface area (Å²) in [5.41, 5.74) is 4.24. The number of likely N-dealkylation sites (tertiary alicyclic amines) is 1. The van der Waals surface area contributed by atoms with Gasteiger partial charge in [-0.15, -0.1) is 0 Å². The maximum Gasteiger partial charge on any atom is 0.272 e. The normalized spacial score (nSPS) is 16.3. The summed E-state index contributed by atoms with van der Waals surface area (Å²) in [6.45, 7) is 3.24. The number of nitrogens with zero attached hydrogens (tertiary/aromatic N) is 5. The first-order chi connectivity index (χ1) is 15.6. The van der Waals surface area contributed by atoms with Crippen LogP contribution in [-0.4, -0.2) is 50.6 Å². The first-order valence-corrected chi connectivity index (χ1v) is 10.8. The molecule has 4 heterocycles. The van der Waals surface area contributed by atoms with Crippen LogP contribution < -0.4 is 4.74 Å². The molecule has 1 aliphatic rings. The molecule has 1 aliphatic heterocycles. The fraction of sp³-hybridized carbons (Fsp3) is 0.280. The topological polar surface area (TPSA) is 72.6 Å². The van der Waals surface area contributed by atoms with Crippen LogP contribution in [0.15, 0.2) is 60.8 Å².